The molecule has 0 saturated heterocycles. The van der Waals surface area contributed by atoms with E-state index in [0.717, 1.165) is 11.3 Å². The van der Waals surface area contributed by atoms with E-state index in [1.807, 2.05) is 6.07 Å². The molecule has 0 bridgehead atoms. The summed E-state index contributed by atoms with van der Waals surface area (Å²) in [5.74, 6) is 0.170. The van der Waals surface area contributed by atoms with Crippen molar-refractivity contribution in [2.75, 3.05) is 12.4 Å². The average molecular weight is 300 g/mol. The van der Waals surface area contributed by atoms with Gasteiger partial charge in [-0.05, 0) is 29.8 Å². The summed E-state index contributed by atoms with van der Waals surface area (Å²) in [6.45, 7) is 0.485. The lowest BCUT2D eigenvalue weighted by Gasteiger charge is -2.09. The summed E-state index contributed by atoms with van der Waals surface area (Å²) in [5.41, 5.74) is 1.65. The Bertz CT molecular complexity index is 590. The van der Waals surface area contributed by atoms with Crippen molar-refractivity contribution in [3.63, 3.8) is 0 Å². The molecule has 2 aromatic rings. The molecule has 2 rings (SSSR count). The highest BCUT2D eigenvalue weighted by Gasteiger charge is 2.03. The highest BCUT2D eigenvalue weighted by Crippen LogP contribution is 2.27. The van der Waals surface area contributed by atoms with Crippen molar-refractivity contribution in [3.8, 4) is 5.75 Å². The summed E-state index contributed by atoms with van der Waals surface area (Å²) in [6.07, 6.45) is 0. The van der Waals surface area contributed by atoms with Crippen LogP contribution in [0.5, 0.6) is 5.75 Å². The standard InChI is InChI=1S/C14H12Cl2FNO/c1-19-14-7-10(3-5-12(14)16)18-8-9-2-4-11(15)13(17)6-9/h2-7,18H,8H2,1H3. The van der Waals surface area contributed by atoms with Gasteiger partial charge < -0.3 is 10.1 Å². The molecule has 19 heavy (non-hydrogen) atoms. The van der Waals surface area contributed by atoms with Gasteiger partial charge in [-0.3, -0.25) is 0 Å². The number of hydrogen-bond acceptors (Lipinski definition) is 2. The minimum atomic E-state index is -0.422. The quantitative estimate of drug-likeness (QED) is 0.879. The van der Waals surface area contributed by atoms with Crippen LogP contribution in [0.15, 0.2) is 36.4 Å². The molecule has 0 aliphatic rings. The van der Waals surface area contributed by atoms with Crippen LogP contribution >= 0.6 is 23.2 Å². The Morgan fingerprint density at radius 2 is 1.84 bits per heavy atom. The minimum absolute atomic E-state index is 0.122. The van der Waals surface area contributed by atoms with Gasteiger partial charge in [0.05, 0.1) is 17.2 Å². The number of halogens is 3. The molecule has 1 N–H and O–H groups in total. The molecule has 0 radical (unpaired) electrons. The van der Waals surface area contributed by atoms with Gasteiger partial charge in [0.2, 0.25) is 0 Å². The van der Waals surface area contributed by atoms with Crippen molar-refractivity contribution in [2.45, 2.75) is 6.54 Å². The van der Waals surface area contributed by atoms with Crippen molar-refractivity contribution in [1.82, 2.24) is 0 Å². The van der Waals surface area contributed by atoms with Crippen LogP contribution in [-0.4, -0.2) is 7.11 Å². The molecule has 0 aromatic heterocycles. The topological polar surface area (TPSA) is 21.3 Å². The normalized spacial score (nSPS) is 10.3. The van der Waals surface area contributed by atoms with E-state index in [1.165, 1.54) is 12.1 Å². The van der Waals surface area contributed by atoms with Crippen molar-refractivity contribution < 1.29 is 9.13 Å². The van der Waals surface area contributed by atoms with Crippen LogP contribution in [0.3, 0.4) is 0 Å². The predicted octanol–water partition coefficient (Wildman–Crippen LogP) is 4.75. The third-order valence-electron chi connectivity index (χ3n) is 2.63. The number of anilines is 1. The van der Waals surface area contributed by atoms with Crippen LogP contribution in [0.2, 0.25) is 10.0 Å². The highest BCUT2D eigenvalue weighted by atomic mass is 35.5. The molecule has 100 valence electrons. The fourth-order valence-electron chi connectivity index (χ4n) is 1.62. The van der Waals surface area contributed by atoms with Gasteiger partial charge >= 0.3 is 0 Å². The van der Waals surface area contributed by atoms with Gasteiger partial charge in [0, 0.05) is 18.3 Å². The highest BCUT2D eigenvalue weighted by molar-refractivity contribution is 6.32. The summed E-state index contributed by atoms with van der Waals surface area (Å²) in [6, 6.07) is 10.1. The van der Waals surface area contributed by atoms with Crippen LogP contribution in [0.25, 0.3) is 0 Å². The smallest absolute Gasteiger partial charge is 0.142 e. The van der Waals surface area contributed by atoms with E-state index in [9.17, 15) is 4.39 Å². The van der Waals surface area contributed by atoms with E-state index in [0.29, 0.717) is 17.3 Å². The van der Waals surface area contributed by atoms with Crippen LogP contribution < -0.4 is 10.1 Å². The molecule has 0 aliphatic heterocycles. The van der Waals surface area contributed by atoms with Gasteiger partial charge in [0.25, 0.3) is 0 Å². The van der Waals surface area contributed by atoms with Crippen LogP contribution in [0.1, 0.15) is 5.56 Å². The summed E-state index contributed by atoms with van der Waals surface area (Å²) in [4.78, 5) is 0. The van der Waals surface area contributed by atoms with E-state index in [1.54, 1.807) is 25.3 Å². The Morgan fingerprint density at radius 1 is 1.11 bits per heavy atom. The first-order valence-corrected chi connectivity index (χ1v) is 6.37. The van der Waals surface area contributed by atoms with Gasteiger partial charge in [0.15, 0.2) is 0 Å². The van der Waals surface area contributed by atoms with Crippen molar-refractivity contribution >= 4 is 28.9 Å². The van der Waals surface area contributed by atoms with Crippen LogP contribution in [0, 0.1) is 5.82 Å². The maximum absolute atomic E-state index is 13.3. The first-order chi connectivity index (χ1) is 9.10. The number of hydrogen-bond donors (Lipinski definition) is 1. The molecule has 0 fully saturated rings. The molecule has 0 amide bonds. The summed E-state index contributed by atoms with van der Waals surface area (Å²) in [7, 11) is 1.56. The largest absolute Gasteiger partial charge is 0.495 e. The summed E-state index contributed by atoms with van der Waals surface area (Å²) in [5, 5.41) is 3.83. The monoisotopic (exact) mass is 299 g/mol. The van der Waals surface area contributed by atoms with Gasteiger partial charge in [-0.15, -0.1) is 0 Å². The zero-order valence-electron chi connectivity index (χ0n) is 10.2. The molecule has 5 heteroatoms. The van der Waals surface area contributed by atoms with Crippen molar-refractivity contribution in [3.05, 3.63) is 57.8 Å². The van der Waals surface area contributed by atoms with E-state index in [2.05, 4.69) is 5.32 Å². The minimum Gasteiger partial charge on any atom is -0.495 e. The van der Waals surface area contributed by atoms with Crippen molar-refractivity contribution in [1.29, 1.82) is 0 Å². The third kappa shape index (κ3) is 3.52. The van der Waals surface area contributed by atoms with Gasteiger partial charge in [-0.25, -0.2) is 4.39 Å². The van der Waals surface area contributed by atoms with Gasteiger partial charge in [-0.2, -0.15) is 0 Å². The van der Waals surface area contributed by atoms with E-state index >= 15 is 0 Å². The van der Waals surface area contributed by atoms with Crippen LogP contribution in [0.4, 0.5) is 10.1 Å². The maximum atomic E-state index is 13.3. The Kier molecular flexibility index (Phi) is 4.51. The second-order valence-corrected chi connectivity index (χ2v) is 4.77. The van der Waals surface area contributed by atoms with Crippen molar-refractivity contribution in [2.24, 2.45) is 0 Å². The molecule has 2 nitrogen and oxygen atoms in total. The Morgan fingerprint density at radius 3 is 2.53 bits per heavy atom. The molecular weight excluding hydrogens is 288 g/mol. The van der Waals surface area contributed by atoms with E-state index < -0.39 is 5.82 Å². The van der Waals surface area contributed by atoms with E-state index in [4.69, 9.17) is 27.9 Å². The Balaban J connectivity index is 2.07. The van der Waals surface area contributed by atoms with Crippen LogP contribution in [-0.2, 0) is 6.54 Å². The number of ether oxygens (including phenoxy) is 1. The number of benzene rings is 2. The molecule has 0 aliphatic carbocycles. The lowest BCUT2D eigenvalue weighted by atomic mass is 10.2. The maximum Gasteiger partial charge on any atom is 0.142 e. The second-order valence-electron chi connectivity index (χ2n) is 3.95. The third-order valence-corrected chi connectivity index (χ3v) is 3.25. The number of rotatable bonds is 4. The zero-order valence-corrected chi connectivity index (χ0v) is 11.7. The fourth-order valence-corrected chi connectivity index (χ4v) is 1.94. The number of nitrogens with one attached hydrogen (secondary N) is 1. The SMILES string of the molecule is COc1cc(NCc2ccc(Cl)c(F)c2)ccc1Cl. The van der Waals surface area contributed by atoms with Gasteiger partial charge in [-0.1, -0.05) is 29.3 Å². The average Bonchev–Trinajstić information content (AvgIpc) is 2.41. The second kappa shape index (κ2) is 6.13. The van der Waals surface area contributed by atoms with E-state index in [-0.39, 0.29) is 5.02 Å². The molecule has 2 aromatic carbocycles. The first kappa shape index (κ1) is 14.0. The lowest BCUT2D eigenvalue weighted by Crippen LogP contribution is -2.00. The Labute approximate surface area is 121 Å². The van der Waals surface area contributed by atoms with Gasteiger partial charge in [0.1, 0.15) is 11.6 Å². The molecule has 0 heterocycles. The zero-order chi connectivity index (χ0) is 13.8. The molecule has 0 atom stereocenters. The summed E-state index contributed by atoms with van der Waals surface area (Å²) < 4.78 is 18.4. The Hall–Kier alpha value is -1.45. The molecule has 0 saturated carbocycles. The fraction of sp³-hybridized carbons (Fsp3) is 0.143. The molecule has 0 spiro atoms. The molecule has 0 unspecified atom stereocenters. The first-order valence-electron chi connectivity index (χ1n) is 5.61. The molecular formula is C14H12Cl2FNO. The lowest BCUT2D eigenvalue weighted by molar-refractivity contribution is 0.415. The summed E-state index contributed by atoms with van der Waals surface area (Å²) >= 11 is 11.6. The predicted molar refractivity (Wildman–Crippen MR) is 76.7 cm³/mol. The number of methoxy groups -OCH3 is 1.